The maximum absolute atomic E-state index is 13.1. The summed E-state index contributed by atoms with van der Waals surface area (Å²) < 4.78 is 11.4. The Kier molecular flexibility index (Phi) is 6.37. The van der Waals surface area contributed by atoms with Gasteiger partial charge >= 0.3 is 11.7 Å². The Hall–Kier alpha value is -3.39. The molecule has 0 aliphatic heterocycles. The molecule has 1 atom stereocenters. The van der Waals surface area contributed by atoms with Gasteiger partial charge in [-0.2, -0.15) is 0 Å². The molecule has 2 aromatic carbocycles. The van der Waals surface area contributed by atoms with E-state index in [-0.39, 0.29) is 5.78 Å². The summed E-state index contributed by atoms with van der Waals surface area (Å²) in [6, 6.07) is 13.7. The number of hydrogen-bond acceptors (Lipinski definition) is 6. The molecule has 1 aliphatic rings. The second-order valence-corrected chi connectivity index (χ2v) is 8.41. The normalized spacial score (nSPS) is 18.3. The highest BCUT2D eigenvalue weighted by Gasteiger charge is 2.48. The average molecular weight is 471 g/mol. The van der Waals surface area contributed by atoms with Crippen LogP contribution in [0.25, 0.3) is 11.1 Å². The van der Waals surface area contributed by atoms with Gasteiger partial charge in [0.05, 0.1) is 5.52 Å². The van der Waals surface area contributed by atoms with Crippen LogP contribution in [0.4, 0.5) is 0 Å². The van der Waals surface area contributed by atoms with Crippen molar-refractivity contribution in [2.75, 3.05) is 13.7 Å². The lowest BCUT2D eigenvalue weighted by Crippen LogP contribution is -2.55. The molecule has 1 fully saturated rings. The van der Waals surface area contributed by atoms with E-state index in [1.807, 2.05) is 0 Å². The molecule has 1 unspecified atom stereocenters. The lowest BCUT2D eigenvalue weighted by Gasteiger charge is -2.43. The monoisotopic (exact) mass is 470 g/mol. The van der Waals surface area contributed by atoms with Gasteiger partial charge in [0.15, 0.2) is 18.0 Å². The zero-order valence-corrected chi connectivity index (χ0v) is 18.8. The molecule has 1 aromatic heterocycles. The van der Waals surface area contributed by atoms with Gasteiger partial charge in [0.25, 0.3) is 5.91 Å². The molecule has 1 aliphatic carbocycles. The van der Waals surface area contributed by atoms with Crippen molar-refractivity contribution in [2.45, 2.75) is 37.8 Å². The van der Waals surface area contributed by atoms with Gasteiger partial charge in [-0.05, 0) is 37.5 Å². The van der Waals surface area contributed by atoms with E-state index in [2.05, 4.69) is 0 Å². The SMILES string of the molecule is CN(C(=O)COC(=O)Cn1c(=O)oc2ccccc21)C1(c2ccccc2Cl)CCCCC1=O. The molecule has 8 nitrogen and oxygen atoms in total. The Balaban J connectivity index is 1.50. The summed E-state index contributed by atoms with van der Waals surface area (Å²) in [5, 5.41) is 0.399. The molecule has 1 saturated carbocycles. The minimum Gasteiger partial charge on any atom is -0.454 e. The van der Waals surface area contributed by atoms with E-state index in [1.54, 1.807) is 48.5 Å². The van der Waals surface area contributed by atoms with Gasteiger partial charge in [0.1, 0.15) is 12.1 Å². The van der Waals surface area contributed by atoms with Crippen LogP contribution in [0.1, 0.15) is 31.2 Å². The van der Waals surface area contributed by atoms with Crippen molar-refractivity contribution in [3.63, 3.8) is 0 Å². The summed E-state index contributed by atoms with van der Waals surface area (Å²) in [6.45, 7) is -0.971. The average Bonchev–Trinajstić information content (AvgIpc) is 3.13. The van der Waals surface area contributed by atoms with Crippen molar-refractivity contribution in [2.24, 2.45) is 0 Å². The number of hydrogen-bond donors (Lipinski definition) is 0. The molecule has 4 rings (SSSR count). The highest BCUT2D eigenvalue weighted by molar-refractivity contribution is 6.31. The first-order valence-corrected chi connectivity index (χ1v) is 11.0. The van der Waals surface area contributed by atoms with Crippen molar-refractivity contribution in [3.05, 3.63) is 69.7 Å². The number of esters is 1. The van der Waals surface area contributed by atoms with Crippen LogP contribution in [-0.4, -0.2) is 40.8 Å². The molecule has 0 bridgehead atoms. The number of para-hydroxylation sites is 2. The predicted molar refractivity (Wildman–Crippen MR) is 121 cm³/mol. The Labute approximate surface area is 194 Å². The minimum absolute atomic E-state index is 0.0968. The van der Waals surface area contributed by atoms with E-state index in [0.29, 0.717) is 34.5 Å². The molecule has 33 heavy (non-hydrogen) atoms. The number of rotatable bonds is 6. The van der Waals surface area contributed by atoms with Gasteiger partial charge in [-0.3, -0.25) is 19.0 Å². The lowest BCUT2D eigenvalue weighted by molar-refractivity contribution is -0.158. The fraction of sp³-hybridized carbons (Fsp3) is 0.333. The molecule has 0 spiro atoms. The van der Waals surface area contributed by atoms with Crippen LogP contribution < -0.4 is 5.76 Å². The van der Waals surface area contributed by atoms with Gasteiger partial charge in [0, 0.05) is 24.1 Å². The van der Waals surface area contributed by atoms with Crippen LogP contribution in [0.2, 0.25) is 5.02 Å². The number of oxazole rings is 1. The number of fused-ring (bicyclic) bond motifs is 1. The number of halogens is 1. The Morgan fingerprint density at radius 3 is 2.61 bits per heavy atom. The van der Waals surface area contributed by atoms with Crippen LogP contribution >= 0.6 is 11.6 Å². The predicted octanol–water partition coefficient (Wildman–Crippen LogP) is 3.29. The maximum Gasteiger partial charge on any atom is 0.420 e. The zero-order chi connectivity index (χ0) is 23.6. The summed E-state index contributed by atoms with van der Waals surface area (Å²) >= 11 is 6.41. The Morgan fingerprint density at radius 2 is 1.85 bits per heavy atom. The number of ketones is 1. The first-order valence-electron chi connectivity index (χ1n) is 10.6. The highest BCUT2D eigenvalue weighted by atomic mass is 35.5. The number of nitrogens with zero attached hydrogens (tertiary/aromatic N) is 2. The van der Waals surface area contributed by atoms with Crippen molar-refractivity contribution in [1.29, 1.82) is 0 Å². The number of carbonyl (C=O) groups is 3. The van der Waals surface area contributed by atoms with E-state index in [0.717, 1.165) is 17.4 Å². The van der Waals surface area contributed by atoms with E-state index < -0.39 is 36.3 Å². The van der Waals surface area contributed by atoms with E-state index in [4.69, 9.17) is 20.8 Å². The second-order valence-electron chi connectivity index (χ2n) is 8.01. The second kappa shape index (κ2) is 9.23. The Morgan fingerprint density at radius 1 is 1.12 bits per heavy atom. The van der Waals surface area contributed by atoms with Crippen LogP contribution in [-0.2, 0) is 31.2 Å². The number of carbonyl (C=O) groups excluding carboxylic acids is 3. The van der Waals surface area contributed by atoms with Crippen LogP contribution in [0.3, 0.4) is 0 Å². The third-order valence-corrected chi connectivity index (χ3v) is 6.47. The van der Waals surface area contributed by atoms with Crippen molar-refractivity contribution in [1.82, 2.24) is 9.47 Å². The van der Waals surface area contributed by atoms with Gasteiger partial charge in [-0.1, -0.05) is 41.9 Å². The number of amides is 1. The maximum atomic E-state index is 13.1. The zero-order valence-electron chi connectivity index (χ0n) is 18.1. The molecule has 0 radical (unpaired) electrons. The molecule has 1 heterocycles. The Bertz CT molecular complexity index is 1280. The third kappa shape index (κ3) is 4.18. The fourth-order valence-electron chi connectivity index (χ4n) is 4.42. The summed E-state index contributed by atoms with van der Waals surface area (Å²) in [5.41, 5.74) is 0.157. The van der Waals surface area contributed by atoms with Crippen LogP contribution in [0.15, 0.2) is 57.7 Å². The molecule has 9 heteroatoms. The summed E-state index contributed by atoms with van der Waals surface area (Å²) in [6.07, 6.45) is 2.27. The standard InChI is InChI=1S/C24H23ClN2O6/c1-26(24(13-7-6-12-20(24)28)16-8-2-3-9-17(16)25)21(29)15-32-22(30)14-27-18-10-4-5-11-19(18)33-23(27)31/h2-5,8-11H,6-7,12-15H2,1H3. The quantitative estimate of drug-likeness (QED) is 0.513. The van der Waals surface area contributed by atoms with Gasteiger partial charge < -0.3 is 14.1 Å². The van der Waals surface area contributed by atoms with E-state index in [9.17, 15) is 19.2 Å². The van der Waals surface area contributed by atoms with E-state index >= 15 is 0 Å². The van der Waals surface area contributed by atoms with Gasteiger partial charge in [0.2, 0.25) is 0 Å². The number of likely N-dealkylation sites (N-methyl/N-ethyl adjacent to an activating group) is 1. The van der Waals surface area contributed by atoms with Gasteiger partial charge in [-0.15, -0.1) is 0 Å². The molecule has 3 aromatic rings. The first-order chi connectivity index (χ1) is 15.8. The molecule has 1 amide bonds. The van der Waals surface area contributed by atoms with E-state index in [1.165, 1.54) is 11.9 Å². The largest absolute Gasteiger partial charge is 0.454 e. The topological polar surface area (TPSA) is 98.8 Å². The minimum atomic E-state index is -1.21. The molecular formula is C24H23ClN2O6. The van der Waals surface area contributed by atoms with Crippen LogP contribution in [0, 0.1) is 0 Å². The number of Topliss-reactive ketones (excluding diaryl/α,β-unsaturated/α-hetero) is 1. The summed E-state index contributed by atoms with van der Waals surface area (Å²) in [7, 11) is 1.52. The number of benzene rings is 2. The molecular weight excluding hydrogens is 448 g/mol. The summed E-state index contributed by atoms with van der Waals surface area (Å²) in [5.74, 6) is -2.10. The highest BCUT2D eigenvalue weighted by Crippen LogP contribution is 2.42. The molecule has 172 valence electrons. The number of ether oxygens (including phenoxy) is 1. The lowest BCUT2D eigenvalue weighted by atomic mass is 9.74. The smallest absolute Gasteiger partial charge is 0.420 e. The fourth-order valence-corrected chi connectivity index (χ4v) is 4.71. The van der Waals surface area contributed by atoms with Crippen molar-refractivity contribution in [3.8, 4) is 0 Å². The number of aromatic nitrogens is 1. The first kappa shape index (κ1) is 22.8. The summed E-state index contributed by atoms with van der Waals surface area (Å²) in [4.78, 5) is 51.9. The van der Waals surface area contributed by atoms with Crippen molar-refractivity contribution >= 4 is 40.4 Å². The third-order valence-electron chi connectivity index (χ3n) is 6.14. The van der Waals surface area contributed by atoms with Crippen LogP contribution in [0.5, 0.6) is 0 Å². The van der Waals surface area contributed by atoms with Gasteiger partial charge in [-0.25, -0.2) is 4.79 Å². The van der Waals surface area contributed by atoms with Crippen molar-refractivity contribution < 1.29 is 23.5 Å². The molecule has 0 saturated heterocycles. The molecule has 0 N–H and O–H groups in total.